The number of rotatable bonds is 3. The van der Waals surface area contributed by atoms with Gasteiger partial charge in [0.05, 0.1) is 0 Å². The first-order valence-electron chi connectivity index (χ1n) is 2.86. The molecule has 5 heteroatoms. The van der Waals surface area contributed by atoms with E-state index in [1.54, 1.807) is 6.20 Å². The smallest absolute Gasteiger partial charge is 0.208 e. The Hall–Kier alpha value is -0.550. The maximum absolute atomic E-state index is 10.1. The van der Waals surface area contributed by atoms with E-state index in [1.165, 1.54) is 17.6 Å². The molecule has 3 nitrogen and oxygen atoms in total. The fraction of sp³-hybridized carbons (Fsp3) is 0.167. The summed E-state index contributed by atoms with van der Waals surface area (Å²) in [5.41, 5.74) is 0. The molecule has 0 aliphatic rings. The van der Waals surface area contributed by atoms with Gasteiger partial charge in [-0.2, -0.15) is 0 Å². The highest BCUT2D eigenvalue weighted by Gasteiger charge is 1.95. The van der Waals surface area contributed by atoms with E-state index in [9.17, 15) is 4.79 Å². The Morgan fingerprint density at radius 1 is 1.82 bits per heavy atom. The molecule has 1 rings (SSSR count). The second-order valence-electron chi connectivity index (χ2n) is 1.67. The topological polar surface area (TPSA) is 42.3 Å². The van der Waals surface area contributed by atoms with Crippen LogP contribution in [0.3, 0.4) is 0 Å². The maximum Gasteiger partial charge on any atom is 0.208 e. The summed E-state index contributed by atoms with van der Waals surface area (Å²) in [5, 5.41) is 2.49. The number of aldehydes is 1. The molecule has 0 fully saturated rings. The summed E-state index contributed by atoms with van der Waals surface area (Å²) in [6.07, 6.45) is 3.93. The Morgan fingerprint density at radius 3 is 3.18 bits per heavy atom. The van der Waals surface area contributed by atoms with Crippen molar-refractivity contribution in [2.24, 2.45) is 4.99 Å². The number of hydrogen-bond acceptors (Lipinski definition) is 4. The molecule has 1 heterocycles. The monoisotopic (exact) mass is 232 g/mol. The van der Waals surface area contributed by atoms with Gasteiger partial charge in [-0.05, 0) is 0 Å². The van der Waals surface area contributed by atoms with E-state index < -0.39 is 0 Å². The first kappa shape index (κ1) is 8.55. The fourth-order valence-electron chi connectivity index (χ4n) is 0.450. The zero-order valence-electron chi connectivity index (χ0n) is 5.48. The Bertz CT molecular complexity index is 247. The molecule has 0 aromatic carbocycles. The lowest BCUT2D eigenvalue weighted by Gasteiger charge is -1.86. The van der Waals surface area contributed by atoms with Gasteiger partial charge in [0.2, 0.25) is 5.13 Å². The summed E-state index contributed by atoms with van der Waals surface area (Å²) in [4.78, 5) is 17.6. The molecule has 1 aromatic rings. The predicted octanol–water partition coefficient (Wildman–Crippen LogP) is 1.81. The number of carbonyl (C=O) groups excluding carboxylic acids is 1. The zero-order valence-corrected chi connectivity index (χ0v) is 7.88. The largest absolute Gasteiger partial charge is 0.302 e. The lowest BCUT2D eigenvalue weighted by atomic mass is 10.5. The number of carbonyl (C=O) groups is 1. The van der Waals surface area contributed by atoms with Crippen LogP contribution in [-0.2, 0) is 4.79 Å². The first-order chi connectivity index (χ1) is 5.33. The molecule has 0 unspecified atom stereocenters. The molecule has 0 radical (unpaired) electrons. The maximum atomic E-state index is 10.1. The van der Waals surface area contributed by atoms with Crippen molar-refractivity contribution in [3.8, 4) is 0 Å². The number of halogens is 1. The molecule has 0 amide bonds. The summed E-state index contributed by atoms with van der Waals surface area (Å²) in [7, 11) is 0. The number of thiazole rings is 1. The highest BCUT2D eigenvalue weighted by molar-refractivity contribution is 9.10. The normalized spacial score (nSPS) is 13.5. The van der Waals surface area contributed by atoms with Gasteiger partial charge in [0, 0.05) is 17.8 Å². The van der Waals surface area contributed by atoms with E-state index in [0.717, 1.165) is 6.29 Å². The zero-order chi connectivity index (χ0) is 8.10. The molecular formula is C6H5BrN2OS. The van der Waals surface area contributed by atoms with E-state index in [1.807, 2.05) is 5.38 Å². The Balaban J connectivity index is 2.55. The summed E-state index contributed by atoms with van der Waals surface area (Å²) in [6, 6.07) is 0. The van der Waals surface area contributed by atoms with Gasteiger partial charge in [-0.3, -0.25) is 0 Å². The van der Waals surface area contributed by atoms with Gasteiger partial charge < -0.3 is 4.79 Å². The van der Waals surface area contributed by atoms with Gasteiger partial charge >= 0.3 is 0 Å². The quantitative estimate of drug-likeness (QED) is 0.454. The van der Waals surface area contributed by atoms with Crippen molar-refractivity contribution in [1.29, 1.82) is 0 Å². The van der Waals surface area contributed by atoms with E-state index >= 15 is 0 Å². The average molecular weight is 233 g/mol. The molecule has 0 saturated heterocycles. The van der Waals surface area contributed by atoms with Gasteiger partial charge in [0.25, 0.3) is 0 Å². The third-order valence-electron chi connectivity index (χ3n) is 0.877. The van der Waals surface area contributed by atoms with Crippen LogP contribution >= 0.6 is 27.3 Å². The second-order valence-corrected chi connectivity index (χ2v) is 3.60. The fourth-order valence-corrected chi connectivity index (χ4v) is 1.05. The second kappa shape index (κ2) is 4.35. The van der Waals surface area contributed by atoms with Crippen molar-refractivity contribution in [3.63, 3.8) is 0 Å². The van der Waals surface area contributed by atoms with Crippen LogP contribution in [0.15, 0.2) is 16.6 Å². The number of nitrogens with zero attached hydrogens (tertiary/aromatic N) is 2. The summed E-state index contributed by atoms with van der Waals surface area (Å²) in [6.45, 7) is 0. The summed E-state index contributed by atoms with van der Waals surface area (Å²) >= 11 is 4.51. The van der Waals surface area contributed by atoms with Crippen molar-refractivity contribution in [3.05, 3.63) is 11.6 Å². The Morgan fingerprint density at radius 2 is 2.64 bits per heavy atom. The van der Waals surface area contributed by atoms with E-state index in [4.69, 9.17) is 0 Å². The number of hydrogen-bond donors (Lipinski definition) is 0. The SMILES string of the molecule is O=C[C@@H](Br)C=Nc1nccs1. The minimum atomic E-state index is -0.314. The molecule has 58 valence electrons. The van der Waals surface area contributed by atoms with Gasteiger partial charge in [0.15, 0.2) is 0 Å². The van der Waals surface area contributed by atoms with Crippen LogP contribution < -0.4 is 0 Å². The molecule has 0 aliphatic carbocycles. The standard InChI is InChI=1S/C6H5BrN2OS/c7-5(4-10)3-9-6-8-1-2-11-6/h1-5H/t5-/m0/s1. The Labute approximate surface area is 76.3 Å². The van der Waals surface area contributed by atoms with Gasteiger partial charge in [-0.15, -0.1) is 11.3 Å². The Kier molecular flexibility index (Phi) is 3.38. The number of alkyl halides is 1. The van der Waals surface area contributed by atoms with Gasteiger partial charge in [0.1, 0.15) is 11.1 Å². The van der Waals surface area contributed by atoms with Crippen LogP contribution in [0.4, 0.5) is 5.13 Å². The minimum Gasteiger partial charge on any atom is -0.302 e. The highest BCUT2D eigenvalue weighted by Crippen LogP contribution is 2.13. The van der Waals surface area contributed by atoms with Crippen LogP contribution in [0.1, 0.15) is 0 Å². The van der Waals surface area contributed by atoms with Crippen molar-refractivity contribution >= 4 is 44.9 Å². The lowest BCUT2D eigenvalue weighted by Crippen LogP contribution is -1.98. The van der Waals surface area contributed by atoms with Crippen molar-refractivity contribution < 1.29 is 4.79 Å². The van der Waals surface area contributed by atoms with Crippen LogP contribution in [0.5, 0.6) is 0 Å². The minimum absolute atomic E-state index is 0.314. The van der Waals surface area contributed by atoms with Crippen LogP contribution in [0.2, 0.25) is 0 Å². The molecule has 0 saturated carbocycles. The van der Waals surface area contributed by atoms with Crippen molar-refractivity contribution in [2.45, 2.75) is 4.83 Å². The summed E-state index contributed by atoms with van der Waals surface area (Å²) < 4.78 is 0. The molecule has 11 heavy (non-hydrogen) atoms. The third-order valence-corrected chi connectivity index (χ3v) is 2.01. The van der Waals surface area contributed by atoms with E-state index in [-0.39, 0.29) is 4.83 Å². The number of aliphatic imine (C=N–C) groups is 1. The molecule has 0 aliphatic heterocycles. The van der Waals surface area contributed by atoms with Crippen molar-refractivity contribution in [2.75, 3.05) is 0 Å². The molecule has 0 bridgehead atoms. The van der Waals surface area contributed by atoms with Crippen LogP contribution in [0.25, 0.3) is 0 Å². The van der Waals surface area contributed by atoms with Crippen LogP contribution in [-0.4, -0.2) is 22.3 Å². The van der Waals surface area contributed by atoms with E-state index in [0.29, 0.717) is 5.13 Å². The van der Waals surface area contributed by atoms with E-state index in [2.05, 4.69) is 25.9 Å². The van der Waals surface area contributed by atoms with Gasteiger partial charge in [-0.1, -0.05) is 15.9 Å². The molecule has 0 N–H and O–H groups in total. The molecule has 1 atom stereocenters. The highest BCUT2D eigenvalue weighted by atomic mass is 79.9. The molecule has 0 spiro atoms. The van der Waals surface area contributed by atoms with Gasteiger partial charge in [-0.25, -0.2) is 9.98 Å². The lowest BCUT2D eigenvalue weighted by molar-refractivity contribution is -0.106. The van der Waals surface area contributed by atoms with Crippen LogP contribution in [0, 0.1) is 0 Å². The summed E-state index contributed by atoms with van der Waals surface area (Å²) in [5.74, 6) is 0. The number of aromatic nitrogens is 1. The predicted molar refractivity (Wildman–Crippen MR) is 49.0 cm³/mol. The average Bonchev–Trinajstić information content (AvgIpc) is 2.52. The third kappa shape index (κ3) is 2.90. The molecule has 1 aromatic heterocycles. The molecular weight excluding hydrogens is 228 g/mol. The van der Waals surface area contributed by atoms with Crippen molar-refractivity contribution in [1.82, 2.24) is 4.98 Å². The first-order valence-corrected chi connectivity index (χ1v) is 4.65.